The number of β-lactam (4-membered cyclic amide) rings is 1. The molecule has 0 saturated carbocycles. The van der Waals surface area contributed by atoms with Crippen molar-refractivity contribution in [2.45, 2.75) is 11.5 Å². The van der Waals surface area contributed by atoms with Gasteiger partial charge in [-0.15, -0.1) is 23.5 Å². The largest absolute Gasteiger partial charge is 0.477 e. The van der Waals surface area contributed by atoms with E-state index in [2.05, 4.69) is 0 Å². The van der Waals surface area contributed by atoms with Gasteiger partial charge in [0.15, 0.2) is 11.8 Å². The Labute approximate surface area is 122 Å². The van der Waals surface area contributed by atoms with Gasteiger partial charge in [0.2, 0.25) is 5.12 Å². The lowest BCUT2D eigenvalue weighted by Crippen LogP contribution is -2.64. The van der Waals surface area contributed by atoms with Crippen LogP contribution in [0, 0.1) is 0 Å². The van der Waals surface area contributed by atoms with Crippen molar-refractivity contribution in [2.75, 3.05) is 19.1 Å². The van der Waals surface area contributed by atoms with Crippen LogP contribution in [0.4, 0.5) is 0 Å². The predicted octanol–water partition coefficient (Wildman–Crippen LogP) is 0.793. The van der Waals surface area contributed by atoms with E-state index in [9.17, 15) is 19.5 Å². The third-order valence-electron chi connectivity index (χ3n) is 2.65. The van der Waals surface area contributed by atoms with Gasteiger partial charge in [-0.25, -0.2) is 4.79 Å². The van der Waals surface area contributed by atoms with E-state index in [4.69, 9.17) is 4.74 Å². The fourth-order valence-electron chi connectivity index (χ4n) is 1.81. The maximum absolute atomic E-state index is 11.9. The molecule has 2 aliphatic rings. The molecule has 0 aromatic rings. The number of aliphatic carboxylic acids is 1. The Morgan fingerprint density at radius 2 is 2.21 bits per heavy atom. The molecule has 2 unspecified atom stereocenters. The normalized spacial score (nSPS) is 29.5. The number of methoxy groups -OCH3 is 1. The van der Waals surface area contributed by atoms with Gasteiger partial charge in [-0.1, -0.05) is 0 Å². The number of hydrogen-bond acceptors (Lipinski definition) is 7. The van der Waals surface area contributed by atoms with Gasteiger partial charge in [0.05, 0.1) is 9.99 Å². The summed E-state index contributed by atoms with van der Waals surface area (Å²) in [5.41, 5.74) is -0.113. The van der Waals surface area contributed by atoms with Gasteiger partial charge in [-0.2, -0.15) is 0 Å². The Balaban J connectivity index is 2.34. The van der Waals surface area contributed by atoms with Crippen molar-refractivity contribution in [1.82, 2.24) is 4.90 Å². The number of carboxylic acid groups (broad SMARTS) is 1. The zero-order valence-electron chi connectivity index (χ0n) is 10.1. The third kappa shape index (κ3) is 2.51. The van der Waals surface area contributed by atoms with Crippen LogP contribution in [0.2, 0.25) is 0 Å². The molecular weight excluding hydrogens is 310 g/mol. The first-order chi connectivity index (χ1) is 9.01. The molecule has 104 valence electrons. The Morgan fingerprint density at radius 1 is 1.53 bits per heavy atom. The molecule has 2 atom stereocenters. The molecule has 0 aliphatic carbocycles. The van der Waals surface area contributed by atoms with Crippen LogP contribution >= 0.6 is 35.3 Å². The summed E-state index contributed by atoms with van der Waals surface area (Å²) < 4.78 is 5.41. The minimum atomic E-state index is -1.20. The van der Waals surface area contributed by atoms with Gasteiger partial charge in [-0.05, 0) is 18.0 Å². The van der Waals surface area contributed by atoms with Crippen LogP contribution in [0.25, 0.3) is 0 Å². The minimum Gasteiger partial charge on any atom is -0.477 e. The molecular formula is C10H11NO5S3. The molecule has 19 heavy (non-hydrogen) atoms. The molecule has 2 rings (SSSR count). The molecule has 1 amide bonds. The summed E-state index contributed by atoms with van der Waals surface area (Å²) in [6, 6.07) is 0. The van der Waals surface area contributed by atoms with Crippen LogP contribution in [-0.4, -0.2) is 57.6 Å². The summed E-state index contributed by atoms with van der Waals surface area (Å²) >= 11 is 3.38. The molecule has 2 saturated heterocycles. The van der Waals surface area contributed by atoms with Crippen LogP contribution in [-0.2, 0) is 19.1 Å². The smallest absolute Gasteiger partial charge is 0.354 e. The highest BCUT2D eigenvalue weighted by molar-refractivity contribution is 8.34. The fraction of sp³-hybridized carbons (Fsp3) is 0.500. The lowest BCUT2D eigenvalue weighted by molar-refractivity contribution is -0.161. The van der Waals surface area contributed by atoms with Crippen molar-refractivity contribution in [2.24, 2.45) is 0 Å². The predicted molar refractivity (Wildman–Crippen MR) is 74.7 cm³/mol. The average Bonchev–Trinajstić information content (AvgIpc) is 2.78. The Hall–Kier alpha value is -0.640. The van der Waals surface area contributed by atoms with Crippen LogP contribution in [0.5, 0.6) is 0 Å². The van der Waals surface area contributed by atoms with Gasteiger partial charge < -0.3 is 9.84 Å². The molecule has 0 bridgehead atoms. The number of amides is 1. The first-order valence-corrected chi connectivity index (χ1v) is 8.30. The average molecular weight is 321 g/mol. The summed E-state index contributed by atoms with van der Waals surface area (Å²) in [4.78, 5) is 35.8. The SMILES string of the molecule is COC1C(=O)N(C(C(=O)O)=C2SCC(=O)S2)C1SC. The fourth-order valence-corrected chi connectivity index (χ4v) is 4.87. The topological polar surface area (TPSA) is 83.9 Å². The van der Waals surface area contributed by atoms with Gasteiger partial charge in [0.1, 0.15) is 5.37 Å². The van der Waals surface area contributed by atoms with Crippen LogP contribution in [0.1, 0.15) is 0 Å². The molecule has 2 heterocycles. The number of carboxylic acids is 1. The number of likely N-dealkylation sites (tertiary alicyclic amines) is 1. The second-order valence-electron chi connectivity index (χ2n) is 3.69. The van der Waals surface area contributed by atoms with E-state index in [1.54, 1.807) is 6.26 Å². The number of carbonyl (C=O) groups excluding carboxylic acids is 2. The van der Waals surface area contributed by atoms with Crippen molar-refractivity contribution >= 4 is 52.3 Å². The minimum absolute atomic E-state index is 0.101. The third-order valence-corrected chi connectivity index (χ3v) is 5.99. The van der Waals surface area contributed by atoms with E-state index in [1.807, 2.05) is 0 Å². The quantitative estimate of drug-likeness (QED) is 0.601. The van der Waals surface area contributed by atoms with Crippen LogP contribution < -0.4 is 0 Å². The van der Waals surface area contributed by atoms with Gasteiger partial charge >= 0.3 is 5.97 Å². The molecule has 9 heteroatoms. The van der Waals surface area contributed by atoms with E-state index >= 15 is 0 Å². The van der Waals surface area contributed by atoms with E-state index in [0.717, 1.165) is 23.5 Å². The zero-order valence-corrected chi connectivity index (χ0v) is 12.6. The molecule has 0 aromatic heterocycles. The maximum atomic E-state index is 11.9. The number of carbonyl (C=O) groups is 3. The molecule has 0 radical (unpaired) electrons. The highest BCUT2D eigenvalue weighted by Crippen LogP contribution is 2.44. The molecule has 0 aromatic carbocycles. The van der Waals surface area contributed by atoms with Gasteiger partial charge in [0, 0.05) is 7.11 Å². The number of hydrogen-bond donors (Lipinski definition) is 1. The zero-order chi connectivity index (χ0) is 14.2. The summed E-state index contributed by atoms with van der Waals surface area (Å²) in [6.45, 7) is 0. The highest BCUT2D eigenvalue weighted by atomic mass is 32.2. The molecule has 0 spiro atoms. The van der Waals surface area contributed by atoms with E-state index in [0.29, 0.717) is 4.24 Å². The molecule has 1 N–H and O–H groups in total. The Bertz CT molecular complexity index is 478. The van der Waals surface area contributed by atoms with E-state index in [1.165, 1.54) is 23.8 Å². The van der Waals surface area contributed by atoms with E-state index < -0.39 is 12.1 Å². The summed E-state index contributed by atoms with van der Waals surface area (Å²) in [5, 5.41) is 8.84. The summed E-state index contributed by atoms with van der Waals surface area (Å²) in [7, 11) is 1.42. The second-order valence-corrected chi connectivity index (χ2v) is 6.96. The molecule has 2 aliphatic heterocycles. The Kier molecular flexibility index (Phi) is 4.49. The van der Waals surface area contributed by atoms with Crippen LogP contribution in [0.3, 0.4) is 0 Å². The van der Waals surface area contributed by atoms with Gasteiger partial charge in [0.25, 0.3) is 5.91 Å². The van der Waals surface area contributed by atoms with Crippen molar-refractivity contribution in [3.05, 3.63) is 9.93 Å². The molecule has 2 fully saturated rings. The van der Waals surface area contributed by atoms with Crippen molar-refractivity contribution < 1.29 is 24.2 Å². The maximum Gasteiger partial charge on any atom is 0.354 e. The lowest BCUT2D eigenvalue weighted by Gasteiger charge is -2.45. The lowest BCUT2D eigenvalue weighted by atomic mass is 10.1. The Morgan fingerprint density at radius 3 is 2.63 bits per heavy atom. The van der Waals surface area contributed by atoms with E-state index in [-0.39, 0.29) is 27.8 Å². The monoisotopic (exact) mass is 321 g/mol. The van der Waals surface area contributed by atoms with Gasteiger partial charge in [-0.3, -0.25) is 14.5 Å². The molecule has 6 nitrogen and oxygen atoms in total. The summed E-state index contributed by atoms with van der Waals surface area (Å²) in [5.74, 6) is -1.35. The first-order valence-electron chi connectivity index (χ1n) is 5.21. The second kappa shape index (κ2) is 5.78. The number of thioether (sulfide) groups is 3. The van der Waals surface area contributed by atoms with Crippen molar-refractivity contribution in [3.63, 3.8) is 0 Å². The van der Waals surface area contributed by atoms with Crippen molar-refractivity contribution in [1.29, 1.82) is 0 Å². The highest BCUT2D eigenvalue weighted by Gasteiger charge is 2.52. The number of rotatable bonds is 4. The first kappa shape index (κ1) is 14.8. The van der Waals surface area contributed by atoms with Crippen LogP contribution in [0.15, 0.2) is 9.93 Å². The summed E-state index contributed by atoms with van der Waals surface area (Å²) in [6.07, 6.45) is 1.15. The van der Waals surface area contributed by atoms with Crippen molar-refractivity contribution in [3.8, 4) is 0 Å². The standard InChI is InChI=1S/C10H11NO5S3/c1-16-6-7(13)11(8(6)17-2)5(9(14)15)10-18-3-4(12)19-10/h6,8H,3H2,1-2H3,(H,14,15). The number of ether oxygens (including phenoxy) is 1. The number of nitrogens with zero attached hydrogens (tertiary/aromatic N) is 1.